The molecule has 22 heavy (non-hydrogen) atoms. The Kier molecular flexibility index (Phi) is 4.88. The van der Waals surface area contributed by atoms with Crippen molar-refractivity contribution in [2.75, 3.05) is 0 Å². The van der Waals surface area contributed by atoms with E-state index in [0.29, 0.717) is 5.02 Å². The maximum atomic E-state index is 12.1. The lowest BCUT2D eigenvalue weighted by Crippen LogP contribution is -2.18. The number of nitrogens with one attached hydrogen (secondary N) is 1. The molecule has 1 N–H and O–H groups in total. The number of hydrogen-bond acceptors (Lipinski definition) is 3. The molecule has 0 spiro atoms. The molecule has 0 amide bonds. The smallest absolute Gasteiger partial charge is 0.200 e. The van der Waals surface area contributed by atoms with Crippen LogP contribution in [0.15, 0.2) is 46.4 Å². The molecular weight excluding hydrogens is 320 g/mol. The van der Waals surface area contributed by atoms with Gasteiger partial charge in [-0.15, -0.1) is 0 Å². The average Bonchev–Trinajstić information content (AvgIpc) is 2.42. The van der Waals surface area contributed by atoms with Crippen molar-refractivity contribution in [2.24, 2.45) is 5.10 Å². The fourth-order valence-corrected chi connectivity index (χ4v) is 3.14. The molecule has 2 rings (SSSR count). The number of rotatable bonds is 4. The van der Waals surface area contributed by atoms with Gasteiger partial charge in [-0.2, -0.15) is 13.5 Å². The molecule has 0 atom stereocenters. The molecule has 0 aromatic heterocycles. The molecule has 0 bridgehead atoms. The van der Waals surface area contributed by atoms with Gasteiger partial charge < -0.3 is 0 Å². The first-order valence-electron chi connectivity index (χ1n) is 6.68. The first-order valence-corrected chi connectivity index (χ1v) is 8.54. The molecule has 6 heteroatoms. The van der Waals surface area contributed by atoms with E-state index in [-0.39, 0.29) is 4.90 Å². The number of halogens is 1. The van der Waals surface area contributed by atoms with Gasteiger partial charge in [0.15, 0.2) is 0 Å². The van der Waals surface area contributed by atoms with Crippen molar-refractivity contribution in [3.8, 4) is 0 Å². The van der Waals surface area contributed by atoms with Crippen molar-refractivity contribution in [1.82, 2.24) is 4.83 Å². The SMILES string of the molecule is Cc1cc(C)c(C=NNS(=O)(=O)c2ccc(Cl)cc2)c(C)c1. The van der Waals surface area contributed by atoms with Gasteiger partial charge in [0, 0.05) is 10.6 Å². The lowest BCUT2D eigenvalue weighted by atomic mass is 10.0. The van der Waals surface area contributed by atoms with Crippen LogP contribution in [0.25, 0.3) is 0 Å². The van der Waals surface area contributed by atoms with E-state index in [9.17, 15) is 8.42 Å². The van der Waals surface area contributed by atoms with Gasteiger partial charge in [-0.3, -0.25) is 0 Å². The summed E-state index contributed by atoms with van der Waals surface area (Å²) in [6.07, 6.45) is 1.53. The van der Waals surface area contributed by atoms with Crippen LogP contribution in [0.2, 0.25) is 5.02 Å². The fraction of sp³-hybridized carbons (Fsp3) is 0.188. The van der Waals surface area contributed by atoms with Crippen LogP contribution < -0.4 is 4.83 Å². The molecule has 0 radical (unpaired) electrons. The number of aryl methyl sites for hydroxylation is 3. The lowest BCUT2D eigenvalue weighted by Gasteiger charge is -2.07. The Labute approximate surface area is 135 Å². The Morgan fingerprint density at radius 3 is 2.14 bits per heavy atom. The first-order chi connectivity index (χ1) is 10.3. The maximum Gasteiger partial charge on any atom is 0.276 e. The predicted octanol–water partition coefficient (Wildman–Crippen LogP) is 3.58. The Morgan fingerprint density at radius 1 is 1.05 bits per heavy atom. The third kappa shape index (κ3) is 3.87. The van der Waals surface area contributed by atoms with Gasteiger partial charge in [0.2, 0.25) is 0 Å². The van der Waals surface area contributed by atoms with E-state index in [1.54, 1.807) is 0 Å². The van der Waals surface area contributed by atoms with Crippen LogP contribution in [0.1, 0.15) is 22.3 Å². The molecular formula is C16H17ClN2O2S. The topological polar surface area (TPSA) is 58.5 Å². The Bertz CT molecular complexity index is 790. The third-order valence-corrected chi connectivity index (χ3v) is 4.72. The molecule has 0 aliphatic carbocycles. The standard InChI is InChI=1S/C16H17ClN2O2S/c1-11-8-12(2)16(13(3)9-11)10-18-19-22(20,21)15-6-4-14(17)5-7-15/h4-10,19H,1-3H3. The van der Waals surface area contributed by atoms with Gasteiger partial charge in [-0.1, -0.05) is 29.3 Å². The van der Waals surface area contributed by atoms with E-state index in [1.165, 1.54) is 30.5 Å². The van der Waals surface area contributed by atoms with E-state index in [4.69, 9.17) is 11.6 Å². The predicted molar refractivity (Wildman–Crippen MR) is 90.0 cm³/mol. The second-order valence-electron chi connectivity index (χ2n) is 5.12. The van der Waals surface area contributed by atoms with Crippen molar-refractivity contribution in [3.05, 3.63) is 63.7 Å². The monoisotopic (exact) mass is 336 g/mol. The summed E-state index contributed by atoms with van der Waals surface area (Å²) >= 11 is 5.75. The minimum Gasteiger partial charge on any atom is -0.200 e. The van der Waals surface area contributed by atoms with Gasteiger partial charge in [0.05, 0.1) is 11.1 Å². The van der Waals surface area contributed by atoms with E-state index >= 15 is 0 Å². The highest BCUT2D eigenvalue weighted by molar-refractivity contribution is 7.89. The van der Waals surface area contributed by atoms with Crippen LogP contribution >= 0.6 is 11.6 Å². The number of sulfonamides is 1. The Hall–Kier alpha value is -1.85. The highest BCUT2D eigenvalue weighted by Gasteiger charge is 2.12. The molecule has 0 aliphatic rings. The zero-order valence-electron chi connectivity index (χ0n) is 12.6. The highest BCUT2D eigenvalue weighted by atomic mass is 35.5. The van der Waals surface area contributed by atoms with Crippen LogP contribution in [0.3, 0.4) is 0 Å². The minimum atomic E-state index is -3.69. The van der Waals surface area contributed by atoms with Crippen molar-refractivity contribution in [1.29, 1.82) is 0 Å². The lowest BCUT2D eigenvalue weighted by molar-refractivity contribution is 0.584. The summed E-state index contributed by atoms with van der Waals surface area (Å²) in [5.41, 5.74) is 4.16. The fourth-order valence-electron chi connectivity index (χ4n) is 2.22. The van der Waals surface area contributed by atoms with E-state index < -0.39 is 10.0 Å². The number of benzene rings is 2. The third-order valence-electron chi connectivity index (χ3n) is 3.23. The van der Waals surface area contributed by atoms with Crippen LogP contribution in [0, 0.1) is 20.8 Å². The van der Waals surface area contributed by atoms with Crippen LogP contribution in [0.4, 0.5) is 0 Å². The van der Waals surface area contributed by atoms with Crippen LogP contribution in [-0.2, 0) is 10.0 Å². The maximum absolute atomic E-state index is 12.1. The number of hydrazone groups is 1. The average molecular weight is 337 g/mol. The van der Waals surface area contributed by atoms with Crippen LogP contribution in [-0.4, -0.2) is 14.6 Å². The molecule has 0 fully saturated rings. The molecule has 2 aromatic carbocycles. The van der Waals surface area contributed by atoms with Crippen molar-refractivity contribution in [2.45, 2.75) is 25.7 Å². The van der Waals surface area contributed by atoms with Crippen LogP contribution in [0.5, 0.6) is 0 Å². The molecule has 0 unspecified atom stereocenters. The van der Waals surface area contributed by atoms with Gasteiger partial charge in [0.25, 0.3) is 10.0 Å². The summed E-state index contributed by atoms with van der Waals surface area (Å²) in [7, 11) is -3.69. The molecule has 0 heterocycles. The highest BCUT2D eigenvalue weighted by Crippen LogP contribution is 2.15. The van der Waals surface area contributed by atoms with Gasteiger partial charge in [-0.25, -0.2) is 4.83 Å². The Balaban J connectivity index is 2.20. The molecule has 4 nitrogen and oxygen atoms in total. The van der Waals surface area contributed by atoms with Gasteiger partial charge in [0.1, 0.15) is 0 Å². The second-order valence-corrected chi connectivity index (χ2v) is 7.22. The largest absolute Gasteiger partial charge is 0.276 e. The normalized spacial score (nSPS) is 11.8. The Morgan fingerprint density at radius 2 is 1.59 bits per heavy atom. The summed E-state index contributed by atoms with van der Waals surface area (Å²) in [5.74, 6) is 0. The summed E-state index contributed by atoms with van der Waals surface area (Å²) in [6.45, 7) is 5.95. The van der Waals surface area contributed by atoms with E-state index in [2.05, 4.69) is 9.93 Å². The van der Waals surface area contributed by atoms with E-state index in [0.717, 1.165) is 22.3 Å². The minimum absolute atomic E-state index is 0.117. The summed E-state index contributed by atoms with van der Waals surface area (Å²) < 4.78 is 24.2. The van der Waals surface area contributed by atoms with Crippen molar-refractivity contribution >= 4 is 27.8 Å². The summed E-state index contributed by atoms with van der Waals surface area (Å²) in [5, 5.41) is 4.35. The first kappa shape index (κ1) is 16.5. The van der Waals surface area contributed by atoms with Gasteiger partial charge in [-0.05, 0) is 56.2 Å². The molecule has 0 saturated heterocycles. The second kappa shape index (κ2) is 6.50. The molecule has 0 saturated carbocycles. The summed E-state index contributed by atoms with van der Waals surface area (Å²) in [4.78, 5) is 2.33. The number of nitrogens with zero attached hydrogens (tertiary/aromatic N) is 1. The van der Waals surface area contributed by atoms with Crippen molar-refractivity contribution in [3.63, 3.8) is 0 Å². The molecule has 0 aliphatic heterocycles. The summed E-state index contributed by atoms with van der Waals surface area (Å²) in [6, 6.07) is 9.97. The zero-order chi connectivity index (χ0) is 16.3. The molecule has 116 valence electrons. The van der Waals surface area contributed by atoms with Gasteiger partial charge >= 0.3 is 0 Å². The number of hydrogen-bond donors (Lipinski definition) is 1. The quantitative estimate of drug-likeness (QED) is 0.685. The molecule has 2 aromatic rings. The van der Waals surface area contributed by atoms with Crippen molar-refractivity contribution < 1.29 is 8.42 Å². The van der Waals surface area contributed by atoms with E-state index in [1.807, 2.05) is 32.9 Å². The zero-order valence-corrected chi connectivity index (χ0v) is 14.2.